The molecule has 2 rings (SSSR count). The fourth-order valence-corrected chi connectivity index (χ4v) is 2.35. The van der Waals surface area contributed by atoms with E-state index in [2.05, 4.69) is 5.32 Å². The van der Waals surface area contributed by atoms with Gasteiger partial charge < -0.3 is 14.6 Å². The van der Waals surface area contributed by atoms with Crippen LogP contribution in [0, 0.1) is 5.82 Å². The summed E-state index contributed by atoms with van der Waals surface area (Å²) in [6.07, 6.45) is 0.174. The Morgan fingerprint density at radius 3 is 2.36 bits per heavy atom. The second-order valence-electron chi connectivity index (χ2n) is 6.56. The number of hydrogen-bond acceptors (Lipinski definition) is 3. The molecule has 0 radical (unpaired) electrons. The van der Waals surface area contributed by atoms with Gasteiger partial charge in [0, 0.05) is 6.54 Å². The van der Waals surface area contributed by atoms with Crippen molar-refractivity contribution in [1.82, 2.24) is 5.32 Å². The van der Waals surface area contributed by atoms with Gasteiger partial charge in [-0.1, -0.05) is 6.07 Å². The molecule has 1 N–H and O–H groups in total. The highest BCUT2D eigenvalue weighted by Crippen LogP contribution is 2.36. The van der Waals surface area contributed by atoms with Crippen LogP contribution in [-0.2, 0) is 20.5 Å². The fourth-order valence-electron chi connectivity index (χ4n) is 2.35. The van der Waals surface area contributed by atoms with E-state index in [0.717, 1.165) is 0 Å². The Bertz CT molecular complexity index is 559. The summed E-state index contributed by atoms with van der Waals surface area (Å²) in [5.74, 6) is -0.476. The van der Waals surface area contributed by atoms with E-state index in [0.29, 0.717) is 17.6 Å². The van der Waals surface area contributed by atoms with E-state index in [1.54, 1.807) is 6.07 Å². The van der Waals surface area contributed by atoms with Gasteiger partial charge in [-0.25, -0.2) is 4.39 Å². The average Bonchev–Trinajstić information content (AvgIpc) is 2.61. The minimum atomic E-state index is -0.676. The maximum atomic E-state index is 13.7. The molecule has 1 aromatic rings. The lowest BCUT2D eigenvalue weighted by Gasteiger charge is -2.32. The van der Waals surface area contributed by atoms with Crippen LogP contribution in [0.1, 0.15) is 40.2 Å². The zero-order valence-corrected chi connectivity index (χ0v) is 13.8. The van der Waals surface area contributed by atoms with E-state index in [9.17, 15) is 9.18 Å². The van der Waals surface area contributed by atoms with Crippen LogP contribution >= 0.6 is 0 Å². The molecule has 1 amide bonds. The standard InChI is InChI=1S/C16H23BFNO3/c1-6-19-14(20)9-11-7-8-12(18)10-13(11)17-21-15(2,3)16(4,5)22-17/h7-8,10H,6,9H2,1-5H3,(H,19,20). The molecule has 1 aliphatic rings. The van der Waals surface area contributed by atoms with E-state index >= 15 is 0 Å². The third kappa shape index (κ3) is 3.33. The normalized spacial score (nSPS) is 19.3. The Hall–Kier alpha value is -1.40. The van der Waals surface area contributed by atoms with E-state index in [1.165, 1.54) is 12.1 Å². The van der Waals surface area contributed by atoms with Gasteiger partial charge in [0.05, 0.1) is 17.6 Å². The summed E-state index contributed by atoms with van der Waals surface area (Å²) < 4.78 is 25.6. The highest BCUT2D eigenvalue weighted by atomic mass is 19.1. The zero-order chi connectivity index (χ0) is 16.5. The molecular formula is C16H23BFNO3. The first kappa shape index (κ1) is 17.0. The first-order valence-electron chi connectivity index (χ1n) is 7.57. The van der Waals surface area contributed by atoms with Crippen molar-refractivity contribution >= 4 is 18.5 Å². The van der Waals surface area contributed by atoms with E-state index < -0.39 is 18.3 Å². The van der Waals surface area contributed by atoms with E-state index in [4.69, 9.17) is 9.31 Å². The van der Waals surface area contributed by atoms with Crippen molar-refractivity contribution in [2.75, 3.05) is 6.54 Å². The third-order valence-corrected chi connectivity index (χ3v) is 4.34. The number of amides is 1. The lowest BCUT2D eigenvalue weighted by atomic mass is 9.75. The lowest BCUT2D eigenvalue weighted by Crippen LogP contribution is -2.41. The van der Waals surface area contributed by atoms with Crippen molar-refractivity contribution in [3.8, 4) is 0 Å². The summed E-state index contributed by atoms with van der Waals surface area (Å²) in [5.41, 5.74) is 0.274. The highest BCUT2D eigenvalue weighted by Gasteiger charge is 2.52. The topological polar surface area (TPSA) is 47.6 Å². The second-order valence-corrected chi connectivity index (χ2v) is 6.56. The average molecular weight is 307 g/mol. The Morgan fingerprint density at radius 1 is 1.23 bits per heavy atom. The first-order chi connectivity index (χ1) is 10.2. The Balaban J connectivity index is 2.31. The predicted octanol–water partition coefficient (Wildman–Crippen LogP) is 1.80. The highest BCUT2D eigenvalue weighted by molar-refractivity contribution is 6.62. The van der Waals surface area contributed by atoms with Gasteiger partial charge in [-0.2, -0.15) is 0 Å². The largest absolute Gasteiger partial charge is 0.495 e. The minimum absolute atomic E-state index is 0.105. The van der Waals surface area contributed by atoms with Crippen molar-refractivity contribution in [2.24, 2.45) is 0 Å². The molecule has 120 valence electrons. The maximum Gasteiger partial charge on any atom is 0.495 e. The molecule has 1 fully saturated rings. The van der Waals surface area contributed by atoms with Gasteiger partial charge in [0.25, 0.3) is 0 Å². The van der Waals surface area contributed by atoms with Gasteiger partial charge in [-0.3, -0.25) is 4.79 Å². The van der Waals surface area contributed by atoms with Crippen LogP contribution in [0.3, 0.4) is 0 Å². The van der Waals surface area contributed by atoms with Crippen LogP contribution in [-0.4, -0.2) is 30.8 Å². The van der Waals surface area contributed by atoms with Gasteiger partial charge in [-0.15, -0.1) is 0 Å². The molecule has 0 aromatic heterocycles. The van der Waals surface area contributed by atoms with Crippen LogP contribution in [0.4, 0.5) is 4.39 Å². The van der Waals surface area contributed by atoms with E-state index in [1.807, 2.05) is 34.6 Å². The predicted molar refractivity (Wildman–Crippen MR) is 84.5 cm³/mol. The summed E-state index contributed by atoms with van der Waals surface area (Å²) in [6.45, 7) is 10.2. The molecule has 0 spiro atoms. The molecule has 4 nitrogen and oxygen atoms in total. The molecular weight excluding hydrogens is 284 g/mol. The molecule has 0 bridgehead atoms. The van der Waals surface area contributed by atoms with Crippen LogP contribution in [0.2, 0.25) is 0 Å². The molecule has 0 unspecified atom stereocenters. The van der Waals surface area contributed by atoms with Gasteiger partial charge in [0.15, 0.2) is 0 Å². The van der Waals surface area contributed by atoms with E-state index in [-0.39, 0.29) is 18.1 Å². The smallest absolute Gasteiger partial charge is 0.399 e. The number of nitrogens with one attached hydrogen (secondary N) is 1. The summed E-state index contributed by atoms with van der Waals surface area (Å²) in [5, 5.41) is 2.74. The minimum Gasteiger partial charge on any atom is -0.399 e. The number of halogens is 1. The van der Waals surface area contributed by atoms with Crippen molar-refractivity contribution < 1.29 is 18.5 Å². The zero-order valence-electron chi connectivity index (χ0n) is 13.8. The second kappa shape index (κ2) is 6.01. The Kier molecular flexibility index (Phi) is 4.63. The molecule has 22 heavy (non-hydrogen) atoms. The van der Waals surface area contributed by atoms with Gasteiger partial charge in [0.2, 0.25) is 5.91 Å². The van der Waals surface area contributed by atoms with Crippen LogP contribution in [0.25, 0.3) is 0 Å². The Morgan fingerprint density at radius 2 is 1.82 bits per heavy atom. The number of likely N-dealkylation sites (N-methyl/N-ethyl adjacent to an activating group) is 1. The molecule has 0 aliphatic carbocycles. The van der Waals surface area contributed by atoms with Crippen molar-refractivity contribution in [1.29, 1.82) is 0 Å². The number of carbonyl (C=O) groups is 1. The molecule has 0 atom stereocenters. The van der Waals surface area contributed by atoms with Crippen molar-refractivity contribution in [2.45, 2.75) is 52.2 Å². The molecule has 6 heteroatoms. The number of hydrogen-bond donors (Lipinski definition) is 1. The lowest BCUT2D eigenvalue weighted by molar-refractivity contribution is -0.120. The van der Waals surface area contributed by atoms with Gasteiger partial charge >= 0.3 is 7.12 Å². The summed E-state index contributed by atoms with van der Waals surface area (Å²) in [6, 6.07) is 4.35. The summed E-state index contributed by atoms with van der Waals surface area (Å²) in [7, 11) is -0.676. The third-order valence-electron chi connectivity index (χ3n) is 4.34. The SMILES string of the molecule is CCNC(=O)Cc1ccc(F)cc1B1OC(C)(C)C(C)(C)O1. The molecule has 1 aliphatic heterocycles. The van der Waals surface area contributed by atoms with Gasteiger partial charge in [-0.05, 0) is 57.8 Å². The number of carbonyl (C=O) groups excluding carboxylic acids is 1. The summed E-state index contributed by atoms with van der Waals surface area (Å²) >= 11 is 0. The maximum absolute atomic E-state index is 13.7. The number of rotatable bonds is 4. The van der Waals surface area contributed by atoms with Crippen LogP contribution in [0.15, 0.2) is 18.2 Å². The molecule has 0 saturated carbocycles. The van der Waals surface area contributed by atoms with Crippen molar-refractivity contribution in [3.05, 3.63) is 29.6 Å². The molecule has 1 heterocycles. The van der Waals surface area contributed by atoms with Crippen LogP contribution < -0.4 is 10.8 Å². The monoisotopic (exact) mass is 307 g/mol. The summed E-state index contributed by atoms with van der Waals surface area (Å²) in [4.78, 5) is 11.8. The fraction of sp³-hybridized carbons (Fsp3) is 0.562. The molecule has 1 saturated heterocycles. The quantitative estimate of drug-likeness (QED) is 0.863. The molecule has 1 aromatic carbocycles. The number of benzene rings is 1. The van der Waals surface area contributed by atoms with Gasteiger partial charge in [0.1, 0.15) is 5.82 Å². The van der Waals surface area contributed by atoms with Crippen LogP contribution in [0.5, 0.6) is 0 Å². The Labute approximate surface area is 131 Å². The van der Waals surface area contributed by atoms with Crippen molar-refractivity contribution in [3.63, 3.8) is 0 Å². The first-order valence-corrected chi connectivity index (χ1v) is 7.57.